The van der Waals surface area contributed by atoms with Gasteiger partial charge in [0.1, 0.15) is 6.10 Å². The van der Waals surface area contributed by atoms with Crippen molar-refractivity contribution < 1.29 is 34.0 Å². The zero-order valence-corrected chi connectivity index (χ0v) is 26.4. The van der Waals surface area contributed by atoms with Gasteiger partial charge in [-0.2, -0.15) is 0 Å². The highest BCUT2D eigenvalue weighted by molar-refractivity contribution is 5.66. The zero-order chi connectivity index (χ0) is 30.1. The summed E-state index contributed by atoms with van der Waals surface area (Å²) in [5.74, 6) is 0.740. The van der Waals surface area contributed by atoms with Crippen molar-refractivity contribution in [2.45, 2.75) is 143 Å². The van der Waals surface area contributed by atoms with Crippen molar-refractivity contribution in [1.82, 2.24) is 0 Å². The lowest BCUT2D eigenvalue weighted by Crippen LogP contribution is -2.60. The van der Waals surface area contributed by atoms with Crippen molar-refractivity contribution in [2.75, 3.05) is 0 Å². The lowest BCUT2D eigenvalue weighted by atomic mass is 9.41. The number of primary amides is 1. The summed E-state index contributed by atoms with van der Waals surface area (Å²) in [5.41, 5.74) is 4.33. The van der Waals surface area contributed by atoms with E-state index in [-0.39, 0.29) is 45.0 Å². The van der Waals surface area contributed by atoms with Crippen LogP contribution in [0.4, 0.5) is 4.79 Å². The molecule has 0 radical (unpaired) electrons. The number of esters is 1. The highest BCUT2D eigenvalue weighted by Crippen LogP contribution is 2.89. The number of carbonyl (C=O) groups excluding carboxylic acids is 2. The summed E-state index contributed by atoms with van der Waals surface area (Å²) in [4.78, 5) is 24.6. The Morgan fingerprint density at radius 1 is 1.02 bits per heavy atom. The summed E-state index contributed by atoms with van der Waals surface area (Å²) in [5, 5.41) is 22.0. The van der Waals surface area contributed by atoms with Gasteiger partial charge < -0.3 is 30.2 Å². The van der Waals surface area contributed by atoms with Crippen molar-refractivity contribution in [2.24, 2.45) is 56.5 Å². The van der Waals surface area contributed by atoms with Crippen LogP contribution in [0.2, 0.25) is 0 Å². The van der Waals surface area contributed by atoms with E-state index in [1.54, 1.807) is 13.8 Å². The molecule has 2 spiro atoms. The molecule has 8 nitrogen and oxygen atoms in total. The molecule has 5 saturated carbocycles. The van der Waals surface area contributed by atoms with E-state index in [1.807, 2.05) is 0 Å². The Kier molecular flexibility index (Phi) is 6.40. The molecule has 0 aromatic carbocycles. The van der Waals surface area contributed by atoms with Crippen LogP contribution in [0, 0.1) is 50.7 Å². The number of amides is 1. The molecule has 0 aromatic heterocycles. The molecular formula is C33H53NO7. The Balaban J connectivity index is 1.41. The molecule has 6 rings (SSSR count). The first-order valence-electron chi connectivity index (χ1n) is 16.1. The van der Waals surface area contributed by atoms with Crippen LogP contribution in [0.15, 0.2) is 0 Å². The number of hydrogen-bond donors (Lipinski definition) is 3. The van der Waals surface area contributed by atoms with Crippen molar-refractivity contribution in [1.29, 1.82) is 0 Å². The predicted molar refractivity (Wildman–Crippen MR) is 152 cm³/mol. The molecule has 6 aliphatic rings. The van der Waals surface area contributed by atoms with Gasteiger partial charge in [0.05, 0.1) is 23.9 Å². The molecule has 6 fully saturated rings. The Hall–Kier alpha value is -1.38. The maximum atomic E-state index is 12.6. The molecule has 232 valence electrons. The van der Waals surface area contributed by atoms with E-state index >= 15 is 0 Å². The van der Waals surface area contributed by atoms with E-state index in [2.05, 4.69) is 34.6 Å². The molecular weight excluding hydrogens is 522 g/mol. The van der Waals surface area contributed by atoms with Crippen LogP contribution in [-0.4, -0.2) is 58.4 Å². The highest BCUT2D eigenvalue weighted by Gasteiger charge is 2.85. The van der Waals surface area contributed by atoms with E-state index in [0.29, 0.717) is 18.3 Å². The van der Waals surface area contributed by atoms with Gasteiger partial charge >= 0.3 is 12.1 Å². The Morgan fingerprint density at radius 2 is 1.66 bits per heavy atom. The lowest BCUT2D eigenvalue weighted by molar-refractivity contribution is -0.216. The number of rotatable bonds is 4. The van der Waals surface area contributed by atoms with E-state index in [1.165, 1.54) is 13.3 Å². The third-order valence-corrected chi connectivity index (χ3v) is 14.3. The lowest BCUT2D eigenvalue weighted by Gasteiger charge is -2.63. The second kappa shape index (κ2) is 8.84. The highest BCUT2D eigenvalue weighted by atomic mass is 16.6. The van der Waals surface area contributed by atoms with Gasteiger partial charge in [0.15, 0.2) is 6.10 Å². The summed E-state index contributed by atoms with van der Waals surface area (Å²) >= 11 is 0. The van der Waals surface area contributed by atoms with Crippen LogP contribution in [0.3, 0.4) is 0 Å². The fourth-order valence-electron chi connectivity index (χ4n) is 12.7. The molecule has 1 heterocycles. The standard InChI is InChI=1S/C33H53NO7/c1-17-15-19(25(29(5,6)38)39-18(2)35)40-24-23(17)30(7)13-14-33-16-32(33)12-11-22(36)28(3,4)20(32)9-10-21(33)31(30,8)26(24)41-27(34)37/h17,19-26,36,38H,9-16H2,1-8H3,(H2,34,37)/t17-,19?,20+,21?,22+,23+,24?,25+,26+,30?,31-,32?,33?/m1/s1. The summed E-state index contributed by atoms with van der Waals surface area (Å²) < 4.78 is 18.7. The summed E-state index contributed by atoms with van der Waals surface area (Å²) in [7, 11) is 0. The molecule has 0 bridgehead atoms. The predicted octanol–water partition coefficient (Wildman–Crippen LogP) is 4.97. The first-order chi connectivity index (χ1) is 18.9. The fourth-order valence-corrected chi connectivity index (χ4v) is 12.7. The molecule has 6 unspecified atom stereocenters. The van der Waals surface area contributed by atoms with Crippen molar-refractivity contribution in [3.05, 3.63) is 0 Å². The van der Waals surface area contributed by atoms with Crippen molar-refractivity contribution >= 4 is 12.1 Å². The molecule has 13 atom stereocenters. The van der Waals surface area contributed by atoms with Gasteiger partial charge in [-0.25, -0.2) is 4.79 Å². The molecule has 4 N–H and O–H groups in total. The summed E-state index contributed by atoms with van der Waals surface area (Å²) in [6.45, 7) is 16.2. The number of aliphatic hydroxyl groups is 2. The second-order valence-corrected chi connectivity index (χ2v) is 16.7. The van der Waals surface area contributed by atoms with Crippen LogP contribution < -0.4 is 5.73 Å². The normalized spacial score (nSPS) is 52.0. The summed E-state index contributed by atoms with van der Waals surface area (Å²) in [6.07, 6.45) is 4.75. The smallest absolute Gasteiger partial charge is 0.404 e. The van der Waals surface area contributed by atoms with Crippen LogP contribution in [0.1, 0.15) is 107 Å². The SMILES string of the molecule is CC(=O)O[C@@H](C1C[C@@H](C)[C@H]2C(O1)[C@H](OC(N)=O)[C@@]1(C)C3CC[C@H]4C(C)(C)[C@@H](O)CCC45CC35CCC21C)C(C)(C)O. The third kappa shape index (κ3) is 3.68. The number of carbonyl (C=O) groups is 2. The second-order valence-electron chi connectivity index (χ2n) is 16.7. The van der Waals surface area contributed by atoms with Gasteiger partial charge in [0.2, 0.25) is 0 Å². The molecule has 0 aromatic rings. The molecule has 1 saturated heterocycles. The zero-order valence-electron chi connectivity index (χ0n) is 26.4. The maximum Gasteiger partial charge on any atom is 0.404 e. The van der Waals surface area contributed by atoms with Gasteiger partial charge in [0.25, 0.3) is 0 Å². The van der Waals surface area contributed by atoms with Crippen molar-refractivity contribution in [3.63, 3.8) is 0 Å². The third-order valence-electron chi connectivity index (χ3n) is 14.3. The average Bonchev–Trinajstić information content (AvgIpc) is 3.48. The molecule has 8 heteroatoms. The Morgan fingerprint density at radius 3 is 2.27 bits per heavy atom. The van der Waals surface area contributed by atoms with Crippen LogP contribution in [0.25, 0.3) is 0 Å². The molecule has 41 heavy (non-hydrogen) atoms. The number of nitrogens with two attached hydrogens (primary N) is 1. The number of fused-ring (bicyclic) bond motifs is 4. The summed E-state index contributed by atoms with van der Waals surface area (Å²) in [6, 6.07) is 0. The van der Waals surface area contributed by atoms with E-state index < -0.39 is 42.1 Å². The monoisotopic (exact) mass is 575 g/mol. The topological polar surface area (TPSA) is 128 Å². The molecule has 5 aliphatic carbocycles. The van der Waals surface area contributed by atoms with Gasteiger partial charge in [-0.15, -0.1) is 0 Å². The number of hydrogen-bond acceptors (Lipinski definition) is 7. The van der Waals surface area contributed by atoms with Crippen molar-refractivity contribution in [3.8, 4) is 0 Å². The largest absolute Gasteiger partial charge is 0.457 e. The Labute approximate surface area is 245 Å². The fraction of sp³-hybridized carbons (Fsp3) is 0.939. The van der Waals surface area contributed by atoms with Gasteiger partial charge in [-0.3, -0.25) is 4.79 Å². The molecule has 1 aliphatic heterocycles. The van der Waals surface area contributed by atoms with Gasteiger partial charge in [-0.1, -0.05) is 34.6 Å². The number of ether oxygens (including phenoxy) is 3. The minimum absolute atomic E-state index is 0.102. The maximum absolute atomic E-state index is 12.6. The first kappa shape index (κ1) is 29.7. The Bertz CT molecular complexity index is 1120. The minimum atomic E-state index is -1.30. The van der Waals surface area contributed by atoms with E-state index in [4.69, 9.17) is 19.9 Å². The van der Waals surface area contributed by atoms with Crippen LogP contribution in [0.5, 0.6) is 0 Å². The molecule has 1 amide bonds. The first-order valence-corrected chi connectivity index (χ1v) is 16.1. The average molecular weight is 576 g/mol. The van der Waals surface area contributed by atoms with Gasteiger partial charge in [0, 0.05) is 12.3 Å². The minimum Gasteiger partial charge on any atom is -0.457 e. The van der Waals surface area contributed by atoms with E-state index in [9.17, 15) is 19.8 Å². The quantitative estimate of drug-likeness (QED) is 0.404. The van der Waals surface area contributed by atoms with Gasteiger partial charge in [-0.05, 0) is 111 Å². The number of aliphatic hydroxyl groups excluding tert-OH is 1. The van der Waals surface area contributed by atoms with Crippen LogP contribution in [-0.2, 0) is 19.0 Å². The van der Waals surface area contributed by atoms with E-state index in [0.717, 1.165) is 38.5 Å². The van der Waals surface area contributed by atoms with Crippen LogP contribution >= 0.6 is 0 Å².